The van der Waals surface area contributed by atoms with Gasteiger partial charge in [-0.15, -0.1) is 0 Å². The molecule has 0 saturated carbocycles. The summed E-state index contributed by atoms with van der Waals surface area (Å²) in [6, 6.07) is 3.10. The van der Waals surface area contributed by atoms with E-state index in [2.05, 4.69) is 33.1 Å². The third-order valence-corrected chi connectivity index (χ3v) is 5.32. The maximum absolute atomic E-state index is 13.1. The molecular weight excluding hydrogens is 352 g/mol. The van der Waals surface area contributed by atoms with Crippen LogP contribution in [-0.2, 0) is 9.53 Å². The molecule has 1 rings (SSSR count). The second-order valence-electron chi connectivity index (χ2n) is 6.77. The molecule has 0 saturated heterocycles. The molecule has 1 aromatic carbocycles. The molecule has 0 fully saturated rings. The molecule has 0 aromatic heterocycles. The minimum absolute atomic E-state index is 0.0750. The Balaban J connectivity index is 3.27. The van der Waals surface area contributed by atoms with Crippen LogP contribution in [0, 0.1) is 6.92 Å². The second-order valence-corrected chi connectivity index (χ2v) is 7.21. The van der Waals surface area contributed by atoms with Crippen LogP contribution in [-0.4, -0.2) is 49.1 Å². The third-order valence-electron chi connectivity index (χ3n) is 5.11. The molecule has 0 spiro atoms. The van der Waals surface area contributed by atoms with Crippen molar-refractivity contribution in [1.82, 2.24) is 0 Å². The van der Waals surface area contributed by atoms with E-state index in [9.17, 15) is 9.59 Å². The quantitative estimate of drug-likeness (QED) is 0.507. The van der Waals surface area contributed by atoms with Gasteiger partial charge in [-0.2, -0.15) is 0 Å². The van der Waals surface area contributed by atoms with E-state index in [1.807, 2.05) is 6.92 Å². The minimum Gasteiger partial charge on any atom is -0.462 e. The average molecular weight is 384 g/mol. The van der Waals surface area contributed by atoms with E-state index in [1.165, 1.54) is 0 Å². The summed E-state index contributed by atoms with van der Waals surface area (Å²) in [4.78, 5) is 25.4. The highest BCUT2D eigenvalue weighted by Gasteiger charge is 2.35. The van der Waals surface area contributed by atoms with E-state index in [4.69, 9.17) is 16.3 Å². The van der Waals surface area contributed by atoms with Gasteiger partial charge in [-0.05, 0) is 51.8 Å². The number of carbonyl (C=O) groups excluding carboxylic acids is 2. The number of aryl methyl sites for hydroxylation is 1. The van der Waals surface area contributed by atoms with Crippen LogP contribution in [0.25, 0.3) is 0 Å². The van der Waals surface area contributed by atoms with Crippen LogP contribution in [0.3, 0.4) is 0 Å². The van der Waals surface area contributed by atoms with Crippen molar-refractivity contribution in [3.63, 3.8) is 0 Å². The smallest absolute Gasteiger partial charge is 0.340 e. The molecule has 1 amide bonds. The van der Waals surface area contributed by atoms with Crippen LogP contribution in [0.5, 0.6) is 0 Å². The molecule has 1 atom stereocenters. The Kier molecular flexibility index (Phi) is 8.57. The predicted molar refractivity (Wildman–Crippen MR) is 107 cm³/mol. The van der Waals surface area contributed by atoms with Crippen molar-refractivity contribution in [2.45, 2.75) is 53.5 Å². The second kappa shape index (κ2) is 9.93. The first-order chi connectivity index (χ1) is 12.2. The van der Waals surface area contributed by atoms with E-state index < -0.39 is 5.97 Å². The summed E-state index contributed by atoms with van der Waals surface area (Å²) in [5, 5.41) is 3.43. The number of hydrogen-bond donors (Lipinski definition) is 1. The first-order valence-corrected chi connectivity index (χ1v) is 9.74. The Bertz CT molecular complexity index is 642. The molecular formula is C20H32ClN2O3+. The molecule has 0 bridgehead atoms. The fourth-order valence-electron chi connectivity index (χ4n) is 3.15. The summed E-state index contributed by atoms with van der Waals surface area (Å²) in [7, 11) is 2.10. The maximum Gasteiger partial charge on any atom is 0.340 e. The summed E-state index contributed by atoms with van der Waals surface area (Å²) in [5.74, 6) is -0.558. The zero-order chi connectivity index (χ0) is 19.9. The molecule has 0 radical (unpaired) electrons. The first-order valence-electron chi connectivity index (χ1n) is 9.36. The highest BCUT2D eigenvalue weighted by Crippen LogP contribution is 2.28. The Labute approximate surface area is 162 Å². The lowest BCUT2D eigenvalue weighted by Crippen LogP contribution is -2.57. The van der Waals surface area contributed by atoms with Gasteiger partial charge in [0.15, 0.2) is 6.04 Å². The average Bonchev–Trinajstić information content (AvgIpc) is 2.61. The van der Waals surface area contributed by atoms with Crippen LogP contribution < -0.4 is 5.32 Å². The van der Waals surface area contributed by atoms with Crippen molar-refractivity contribution in [1.29, 1.82) is 0 Å². The van der Waals surface area contributed by atoms with Gasteiger partial charge < -0.3 is 14.5 Å². The van der Waals surface area contributed by atoms with Gasteiger partial charge in [-0.1, -0.05) is 18.5 Å². The monoisotopic (exact) mass is 383 g/mol. The molecule has 0 aliphatic rings. The van der Waals surface area contributed by atoms with Crippen molar-refractivity contribution >= 4 is 29.2 Å². The number of halogens is 1. The summed E-state index contributed by atoms with van der Waals surface area (Å²) in [5.41, 5.74) is 1.52. The Hall–Kier alpha value is -1.59. The highest BCUT2D eigenvalue weighted by molar-refractivity contribution is 6.31. The molecule has 6 heteroatoms. The summed E-state index contributed by atoms with van der Waals surface area (Å²) in [6.07, 6.45) is 1.70. The van der Waals surface area contributed by atoms with Crippen molar-refractivity contribution in [3.8, 4) is 0 Å². The van der Waals surface area contributed by atoms with Gasteiger partial charge in [0.05, 0.1) is 38.0 Å². The Morgan fingerprint density at radius 2 is 1.81 bits per heavy atom. The standard InChI is InChI=1S/C20H31ClN2O3/c1-7-11-17(23(6,8-2)9-3)19(24)22-18-14(5)12-15(21)13-16(18)20(25)26-10-4/h12-13,17H,7-11H2,1-6H3/p+1. The van der Waals surface area contributed by atoms with Crippen molar-refractivity contribution in [2.24, 2.45) is 0 Å². The number of likely N-dealkylation sites (N-methyl/N-ethyl adjacent to an activating group) is 1. The molecule has 26 heavy (non-hydrogen) atoms. The number of rotatable bonds is 9. The minimum atomic E-state index is -0.483. The van der Waals surface area contributed by atoms with Gasteiger partial charge >= 0.3 is 5.97 Å². The van der Waals surface area contributed by atoms with Gasteiger partial charge in [0.25, 0.3) is 5.91 Å². The van der Waals surface area contributed by atoms with Crippen LogP contribution in [0.15, 0.2) is 12.1 Å². The Morgan fingerprint density at radius 3 is 2.31 bits per heavy atom. The van der Waals surface area contributed by atoms with Crippen LogP contribution in [0.1, 0.15) is 56.5 Å². The lowest BCUT2D eigenvalue weighted by Gasteiger charge is -2.39. The van der Waals surface area contributed by atoms with Gasteiger partial charge in [-0.25, -0.2) is 4.79 Å². The number of nitrogens with one attached hydrogen (secondary N) is 1. The van der Waals surface area contributed by atoms with Gasteiger partial charge in [-0.3, -0.25) is 4.79 Å². The van der Waals surface area contributed by atoms with Gasteiger partial charge in [0.2, 0.25) is 0 Å². The number of amides is 1. The molecule has 1 aromatic rings. The van der Waals surface area contributed by atoms with E-state index in [0.717, 1.165) is 31.5 Å². The number of anilines is 1. The van der Waals surface area contributed by atoms with Gasteiger partial charge in [0, 0.05) is 11.4 Å². The zero-order valence-electron chi connectivity index (χ0n) is 16.8. The van der Waals surface area contributed by atoms with E-state index >= 15 is 0 Å². The number of ether oxygens (including phenoxy) is 1. The van der Waals surface area contributed by atoms with E-state index in [-0.39, 0.29) is 18.6 Å². The molecule has 0 aliphatic carbocycles. The van der Waals surface area contributed by atoms with Crippen molar-refractivity contribution in [3.05, 3.63) is 28.3 Å². The Morgan fingerprint density at radius 1 is 1.19 bits per heavy atom. The summed E-state index contributed by atoms with van der Waals surface area (Å²) in [6.45, 7) is 11.8. The molecule has 146 valence electrons. The number of carbonyl (C=O) groups is 2. The number of hydrogen-bond acceptors (Lipinski definition) is 3. The number of nitrogens with zero attached hydrogens (tertiary/aromatic N) is 1. The van der Waals surface area contributed by atoms with Gasteiger partial charge in [0.1, 0.15) is 0 Å². The molecule has 1 N–H and O–H groups in total. The van der Waals surface area contributed by atoms with Crippen molar-refractivity contribution < 1.29 is 18.8 Å². The highest BCUT2D eigenvalue weighted by atomic mass is 35.5. The van der Waals surface area contributed by atoms with Crippen LogP contribution in [0.2, 0.25) is 5.02 Å². The fraction of sp³-hybridized carbons (Fsp3) is 0.600. The first kappa shape index (κ1) is 22.5. The predicted octanol–water partition coefficient (Wildman–Crippen LogP) is 4.42. The fourth-order valence-corrected chi connectivity index (χ4v) is 3.42. The number of quaternary nitrogens is 1. The maximum atomic E-state index is 13.1. The molecule has 1 unspecified atom stereocenters. The van der Waals surface area contributed by atoms with Crippen LogP contribution >= 0.6 is 11.6 Å². The topological polar surface area (TPSA) is 55.4 Å². The molecule has 0 heterocycles. The number of esters is 1. The third kappa shape index (κ3) is 5.21. The lowest BCUT2D eigenvalue weighted by atomic mass is 10.0. The number of benzene rings is 1. The molecule has 0 aliphatic heterocycles. The van der Waals surface area contributed by atoms with Crippen LogP contribution in [0.4, 0.5) is 5.69 Å². The zero-order valence-corrected chi connectivity index (χ0v) is 17.6. The SMILES string of the molecule is CCCC(C(=O)Nc1c(C)cc(Cl)cc1C(=O)OCC)[N+](C)(CC)CC. The van der Waals surface area contributed by atoms with E-state index in [1.54, 1.807) is 19.1 Å². The summed E-state index contributed by atoms with van der Waals surface area (Å²) < 4.78 is 5.78. The summed E-state index contributed by atoms with van der Waals surface area (Å²) >= 11 is 6.11. The molecule has 5 nitrogen and oxygen atoms in total. The lowest BCUT2D eigenvalue weighted by molar-refractivity contribution is -0.921. The largest absolute Gasteiger partial charge is 0.462 e. The normalized spacial score (nSPS) is 12.6. The van der Waals surface area contributed by atoms with E-state index in [0.29, 0.717) is 20.8 Å². The van der Waals surface area contributed by atoms with Crippen molar-refractivity contribution in [2.75, 3.05) is 32.1 Å².